The molecule has 12 nitrogen and oxygen atoms in total. The number of unbranched alkanes of at least 4 members (excludes halogenated alkanes) is 2. The first kappa shape index (κ1) is 38.2. The number of carboxylic acid groups (broad SMARTS) is 1. The van der Waals surface area contributed by atoms with E-state index in [1.165, 1.54) is 18.4 Å². The van der Waals surface area contributed by atoms with Gasteiger partial charge in [-0.15, -0.1) is 22.7 Å². The molecule has 2 aromatic carbocycles. The first-order chi connectivity index (χ1) is 24.1. The highest BCUT2D eigenvalue weighted by molar-refractivity contribution is 7.21. The summed E-state index contributed by atoms with van der Waals surface area (Å²) >= 11 is 3.15. The summed E-state index contributed by atoms with van der Waals surface area (Å²) in [7, 11) is 7.80. The molecule has 1 aliphatic heterocycles. The van der Waals surface area contributed by atoms with Crippen LogP contribution in [0.1, 0.15) is 64.2 Å². The van der Waals surface area contributed by atoms with Crippen molar-refractivity contribution in [1.82, 2.24) is 9.80 Å². The molecule has 5 rings (SSSR count). The Kier molecular flexibility index (Phi) is 13.7. The number of carbonyl (C=O) groups is 4. The average Bonchev–Trinajstić information content (AvgIpc) is 3.74. The van der Waals surface area contributed by atoms with E-state index < -0.39 is 5.97 Å². The standard InChI is InChI=1S/C19H25NO5S.C17H19NO5S/c1-13-15(11-20(12-21)8-6-5-7-19(22)25-4)14-9-16(23-2)17(24-3)10-18(14)26-13;1-22-12-7-10-11-9-18(6-4-3-5-15(19)20)17(21)16(11)24-14(10)8-13(12)23-2/h9-10,12H,5-8,11H2,1-4H3;7-8H,3-6,9H2,1-2H3,(H,19,20). The van der Waals surface area contributed by atoms with Crippen LogP contribution >= 0.6 is 22.7 Å². The Balaban J connectivity index is 0.000000225. The van der Waals surface area contributed by atoms with Crippen molar-refractivity contribution < 1.29 is 48.0 Å². The van der Waals surface area contributed by atoms with Gasteiger partial charge in [0.1, 0.15) is 0 Å². The fraction of sp³-hybridized carbons (Fsp3) is 0.444. The van der Waals surface area contributed by atoms with Crippen LogP contribution in [0, 0.1) is 6.92 Å². The quantitative estimate of drug-likeness (QED) is 0.0713. The molecule has 1 aliphatic rings. The van der Waals surface area contributed by atoms with Crippen molar-refractivity contribution >= 4 is 67.1 Å². The minimum atomic E-state index is -0.797. The number of hydrogen-bond donors (Lipinski definition) is 1. The Hall–Kier alpha value is -4.56. The third-order valence-corrected chi connectivity index (χ3v) is 10.8. The highest BCUT2D eigenvalue weighted by Gasteiger charge is 2.31. The number of benzene rings is 2. The molecule has 0 spiro atoms. The molecule has 14 heteroatoms. The van der Waals surface area contributed by atoms with Gasteiger partial charge in [-0.25, -0.2) is 0 Å². The maximum atomic E-state index is 12.6. The predicted molar refractivity (Wildman–Crippen MR) is 193 cm³/mol. The Morgan fingerprint density at radius 3 is 2.00 bits per heavy atom. The van der Waals surface area contributed by atoms with E-state index in [0.717, 1.165) is 53.9 Å². The highest BCUT2D eigenvalue weighted by atomic mass is 32.1. The van der Waals surface area contributed by atoms with Crippen LogP contribution in [0.2, 0.25) is 0 Å². The number of hydrogen-bond acceptors (Lipinski definition) is 11. The van der Waals surface area contributed by atoms with Crippen molar-refractivity contribution in [1.29, 1.82) is 0 Å². The number of fused-ring (bicyclic) bond motifs is 4. The van der Waals surface area contributed by atoms with Gasteiger partial charge in [-0.05, 0) is 50.3 Å². The van der Waals surface area contributed by atoms with Crippen molar-refractivity contribution in [2.75, 3.05) is 48.6 Å². The van der Waals surface area contributed by atoms with E-state index in [9.17, 15) is 19.2 Å². The van der Waals surface area contributed by atoms with E-state index in [2.05, 4.69) is 11.7 Å². The van der Waals surface area contributed by atoms with Gasteiger partial charge in [0.05, 0.1) is 40.4 Å². The van der Waals surface area contributed by atoms with Crippen LogP contribution in [0.4, 0.5) is 0 Å². The van der Waals surface area contributed by atoms with Crippen molar-refractivity contribution in [3.05, 3.63) is 45.1 Å². The molecule has 4 aromatic rings. The molecule has 270 valence electrons. The molecule has 0 saturated carbocycles. The predicted octanol–water partition coefficient (Wildman–Crippen LogP) is 6.66. The van der Waals surface area contributed by atoms with Crippen LogP contribution in [-0.4, -0.2) is 87.8 Å². The van der Waals surface area contributed by atoms with Crippen LogP contribution < -0.4 is 18.9 Å². The lowest BCUT2D eigenvalue weighted by Gasteiger charge is -2.18. The summed E-state index contributed by atoms with van der Waals surface area (Å²) < 4.78 is 28.2. The Bertz CT molecular complexity index is 1830. The van der Waals surface area contributed by atoms with Gasteiger partial charge in [-0.1, -0.05) is 0 Å². The van der Waals surface area contributed by atoms with Gasteiger partial charge >= 0.3 is 11.9 Å². The summed E-state index contributed by atoms with van der Waals surface area (Å²) in [5.41, 5.74) is 2.14. The van der Waals surface area contributed by atoms with Gasteiger partial charge in [0.25, 0.3) is 5.91 Å². The number of carbonyl (C=O) groups excluding carboxylic acids is 3. The maximum Gasteiger partial charge on any atom is 0.305 e. The Morgan fingerprint density at radius 2 is 1.42 bits per heavy atom. The van der Waals surface area contributed by atoms with Crippen molar-refractivity contribution in [3.63, 3.8) is 0 Å². The lowest BCUT2D eigenvalue weighted by atomic mass is 10.1. The van der Waals surface area contributed by atoms with Crippen LogP contribution in [0.25, 0.3) is 20.2 Å². The number of methoxy groups -OCH3 is 5. The number of ether oxygens (including phenoxy) is 5. The summed E-state index contributed by atoms with van der Waals surface area (Å²) in [6.07, 6.45) is 4.12. The third-order valence-electron chi connectivity index (χ3n) is 8.51. The zero-order chi connectivity index (χ0) is 36.4. The number of amides is 2. The van der Waals surface area contributed by atoms with Crippen LogP contribution in [-0.2, 0) is 32.2 Å². The smallest absolute Gasteiger partial charge is 0.305 e. The van der Waals surface area contributed by atoms with Gasteiger partial charge in [0.15, 0.2) is 23.0 Å². The molecule has 0 radical (unpaired) electrons. The van der Waals surface area contributed by atoms with Gasteiger partial charge in [-0.2, -0.15) is 0 Å². The zero-order valence-electron chi connectivity index (χ0n) is 29.3. The van der Waals surface area contributed by atoms with E-state index in [1.54, 1.807) is 49.6 Å². The average molecular weight is 729 g/mol. The van der Waals surface area contributed by atoms with Crippen molar-refractivity contribution in [3.8, 4) is 23.0 Å². The first-order valence-electron chi connectivity index (χ1n) is 16.2. The number of esters is 1. The lowest BCUT2D eigenvalue weighted by molar-refractivity contribution is -0.141. The SMILES string of the molecule is COC(=O)CCCCN(C=O)Cc1c(C)sc2cc(OC)c(OC)cc12.COc1cc2sc3c(c2cc1OC)CN(CCCCC(=O)O)C3=O. The maximum absolute atomic E-state index is 12.6. The van der Waals surface area contributed by atoms with E-state index >= 15 is 0 Å². The molecular weight excluding hydrogens is 685 g/mol. The number of carboxylic acids is 1. The molecule has 0 aliphatic carbocycles. The summed E-state index contributed by atoms with van der Waals surface area (Å²) in [6.45, 7) is 4.34. The number of nitrogens with zero attached hydrogens (tertiary/aromatic N) is 2. The molecule has 2 amide bonds. The summed E-state index contributed by atoms with van der Waals surface area (Å²) in [5.74, 6) is 1.69. The molecule has 2 aromatic heterocycles. The zero-order valence-corrected chi connectivity index (χ0v) is 30.9. The fourth-order valence-corrected chi connectivity index (χ4v) is 8.10. The molecule has 50 heavy (non-hydrogen) atoms. The van der Waals surface area contributed by atoms with Gasteiger partial charge in [-0.3, -0.25) is 19.2 Å². The molecule has 1 N–H and O–H groups in total. The largest absolute Gasteiger partial charge is 0.493 e. The third kappa shape index (κ3) is 8.96. The summed E-state index contributed by atoms with van der Waals surface area (Å²) in [5, 5.41) is 10.8. The summed E-state index contributed by atoms with van der Waals surface area (Å²) in [4.78, 5) is 51.2. The normalized spacial score (nSPS) is 12.0. The van der Waals surface area contributed by atoms with E-state index in [0.29, 0.717) is 74.9 Å². The number of thiophene rings is 2. The molecule has 0 fully saturated rings. The van der Waals surface area contributed by atoms with Gasteiger partial charge < -0.3 is 38.6 Å². The molecule has 0 unspecified atom stereocenters. The van der Waals surface area contributed by atoms with Gasteiger partial charge in [0, 0.05) is 81.8 Å². The Labute approximate surface area is 299 Å². The highest BCUT2D eigenvalue weighted by Crippen LogP contribution is 2.43. The fourth-order valence-electron chi connectivity index (χ4n) is 5.82. The number of rotatable bonds is 17. The monoisotopic (exact) mass is 728 g/mol. The second-order valence-electron chi connectivity index (χ2n) is 11.6. The van der Waals surface area contributed by atoms with E-state index in [4.69, 9.17) is 24.1 Å². The summed E-state index contributed by atoms with van der Waals surface area (Å²) in [6, 6.07) is 7.76. The van der Waals surface area contributed by atoms with Crippen LogP contribution in [0.15, 0.2) is 24.3 Å². The minimum absolute atomic E-state index is 0.0273. The topological polar surface area (TPSA) is 141 Å². The van der Waals surface area contributed by atoms with E-state index in [-0.39, 0.29) is 18.3 Å². The first-order valence-corrected chi connectivity index (χ1v) is 17.8. The second-order valence-corrected chi connectivity index (χ2v) is 13.9. The van der Waals surface area contributed by atoms with Crippen molar-refractivity contribution in [2.45, 2.75) is 58.5 Å². The number of aliphatic carboxylic acids is 1. The van der Waals surface area contributed by atoms with Crippen LogP contribution in [0.5, 0.6) is 23.0 Å². The molecule has 3 heterocycles. The van der Waals surface area contributed by atoms with Gasteiger partial charge in [0.2, 0.25) is 6.41 Å². The number of aryl methyl sites for hydroxylation is 1. The lowest BCUT2D eigenvalue weighted by Crippen LogP contribution is -2.25. The second kappa shape index (κ2) is 17.9. The molecule has 0 bridgehead atoms. The van der Waals surface area contributed by atoms with Crippen molar-refractivity contribution in [2.24, 2.45) is 0 Å². The van der Waals surface area contributed by atoms with E-state index in [1.807, 2.05) is 24.3 Å². The molecule has 0 saturated heterocycles. The molecular formula is C36H44N2O10S2. The van der Waals surface area contributed by atoms with Crippen LogP contribution in [0.3, 0.4) is 0 Å². The molecule has 0 atom stereocenters. The minimum Gasteiger partial charge on any atom is -0.493 e. The Morgan fingerprint density at radius 1 is 0.840 bits per heavy atom.